The number of halogens is 2. The van der Waals surface area contributed by atoms with E-state index < -0.39 is 11.9 Å². The third kappa shape index (κ3) is 4.67. The van der Waals surface area contributed by atoms with E-state index in [-0.39, 0.29) is 30.3 Å². The molecule has 1 amide bonds. The minimum absolute atomic E-state index is 0. The predicted octanol–water partition coefficient (Wildman–Crippen LogP) is 4.17. The lowest BCUT2D eigenvalue weighted by atomic mass is 10.1. The van der Waals surface area contributed by atoms with Crippen LogP contribution in [0.25, 0.3) is 10.9 Å². The number of nitrogens with zero attached hydrogens (tertiary/aromatic N) is 4. The van der Waals surface area contributed by atoms with Crippen molar-refractivity contribution in [2.45, 2.75) is 6.10 Å². The summed E-state index contributed by atoms with van der Waals surface area (Å²) in [5.41, 5.74) is 1.26. The summed E-state index contributed by atoms with van der Waals surface area (Å²) in [5.74, 6) is 0.250. The van der Waals surface area contributed by atoms with Crippen LogP contribution >= 0.6 is 25.1 Å². The first-order valence-electron chi connectivity index (χ1n) is 9.54. The zero-order valence-electron chi connectivity index (χ0n) is 17.7. The summed E-state index contributed by atoms with van der Waals surface area (Å²) in [6, 6.07) is 8.10. The summed E-state index contributed by atoms with van der Waals surface area (Å²) in [6.45, 7) is 0.973. The molecular formula is C21H23ClFN5O3S. The summed E-state index contributed by atoms with van der Waals surface area (Å²) in [6.07, 6.45) is 0.633. The van der Waals surface area contributed by atoms with Gasteiger partial charge in [-0.3, -0.25) is 4.90 Å². The molecule has 8 nitrogen and oxygen atoms in total. The van der Waals surface area contributed by atoms with Gasteiger partial charge in [-0.15, -0.1) is 0 Å². The smallest absolute Gasteiger partial charge is 0.414 e. The number of methoxy groups -OCH3 is 1. The first-order valence-corrected chi connectivity index (χ1v) is 9.92. The number of fused-ring (bicyclic) bond motifs is 1. The van der Waals surface area contributed by atoms with Crippen LogP contribution in [-0.4, -0.2) is 61.4 Å². The number of aromatic nitrogens is 2. The maximum absolute atomic E-state index is 14.4. The van der Waals surface area contributed by atoms with Gasteiger partial charge in [0.05, 0.1) is 35.6 Å². The summed E-state index contributed by atoms with van der Waals surface area (Å²) in [5, 5.41) is 3.55. The van der Waals surface area contributed by atoms with E-state index in [1.807, 2.05) is 19.0 Å². The molecule has 1 fully saturated rings. The number of amides is 1. The molecule has 0 unspecified atom stereocenters. The molecule has 0 saturated carbocycles. The highest BCUT2D eigenvalue weighted by Crippen LogP contribution is 2.37. The van der Waals surface area contributed by atoms with Gasteiger partial charge in [0.2, 0.25) is 0 Å². The predicted molar refractivity (Wildman–Crippen MR) is 127 cm³/mol. The number of nitrogens with one attached hydrogen (secondary N) is 1. The minimum Gasteiger partial charge on any atom is -0.494 e. The van der Waals surface area contributed by atoms with Gasteiger partial charge in [-0.2, -0.15) is 13.5 Å². The molecule has 1 aliphatic heterocycles. The minimum atomic E-state index is -0.584. The monoisotopic (exact) mass is 479 g/mol. The van der Waals surface area contributed by atoms with E-state index in [0.717, 1.165) is 0 Å². The van der Waals surface area contributed by atoms with Crippen molar-refractivity contribution in [3.8, 4) is 5.75 Å². The topological polar surface area (TPSA) is 79.8 Å². The van der Waals surface area contributed by atoms with E-state index >= 15 is 0 Å². The number of cyclic esters (lactones) is 1. The van der Waals surface area contributed by atoms with Crippen molar-refractivity contribution < 1.29 is 18.7 Å². The fourth-order valence-corrected chi connectivity index (χ4v) is 3.67. The highest BCUT2D eigenvalue weighted by molar-refractivity contribution is 7.59. The van der Waals surface area contributed by atoms with Crippen LogP contribution in [0.15, 0.2) is 36.7 Å². The summed E-state index contributed by atoms with van der Waals surface area (Å²) in [7, 11) is 5.35. The van der Waals surface area contributed by atoms with Gasteiger partial charge in [-0.25, -0.2) is 19.2 Å². The van der Waals surface area contributed by atoms with Crippen molar-refractivity contribution in [1.82, 2.24) is 14.9 Å². The quantitative estimate of drug-likeness (QED) is 0.568. The second-order valence-electron chi connectivity index (χ2n) is 7.37. The van der Waals surface area contributed by atoms with Crippen LogP contribution in [0.1, 0.15) is 0 Å². The van der Waals surface area contributed by atoms with E-state index in [0.29, 0.717) is 41.2 Å². The molecule has 1 aliphatic rings. The highest BCUT2D eigenvalue weighted by atomic mass is 35.5. The lowest BCUT2D eigenvalue weighted by molar-refractivity contribution is 0.123. The number of hydrogen-bond acceptors (Lipinski definition) is 7. The Morgan fingerprint density at radius 3 is 2.84 bits per heavy atom. The number of anilines is 3. The number of rotatable bonds is 6. The standard InChI is InChI=1S/C21H21ClFN5O3.H2S/c1-27(2)9-12-10-28(21(29)31-12)17-7-13-16(8-18(17)30-3)24-11-25-20(13)26-15-6-4-5-14(22)19(15)23;/h4-8,11-12H,9-10H2,1-3H3,(H,24,25,26);1H2/t12-;/m0./s1. The number of likely N-dealkylation sites (N-methyl/N-ethyl adjacent to an activating group) is 1. The highest BCUT2D eigenvalue weighted by Gasteiger charge is 2.34. The molecule has 2 heterocycles. The molecule has 32 heavy (non-hydrogen) atoms. The Morgan fingerprint density at radius 2 is 2.12 bits per heavy atom. The first-order chi connectivity index (χ1) is 14.9. The zero-order chi connectivity index (χ0) is 22.1. The van der Waals surface area contributed by atoms with Crippen molar-refractivity contribution >= 4 is 59.3 Å². The molecule has 1 aromatic heterocycles. The molecule has 2 aromatic carbocycles. The van der Waals surface area contributed by atoms with Crippen LogP contribution in [0, 0.1) is 5.82 Å². The Balaban J connectivity index is 0.00000289. The molecule has 4 rings (SSSR count). The zero-order valence-corrected chi connectivity index (χ0v) is 19.5. The summed E-state index contributed by atoms with van der Waals surface area (Å²) in [4.78, 5) is 24.6. The van der Waals surface area contributed by atoms with Gasteiger partial charge in [0.1, 0.15) is 24.0 Å². The van der Waals surface area contributed by atoms with Crippen molar-refractivity contribution in [3.05, 3.63) is 47.5 Å². The third-order valence-electron chi connectivity index (χ3n) is 4.87. The van der Waals surface area contributed by atoms with Gasteiger partial charge in [0.15, 0.2) is 5.82 Å². The van der Waals surface area contributed by atoms with E-state index in [2.05, 4.69) is 15.3 Å². The Bertz CT molecular complexity index is 1150. The molecule has 0 spiro atoms. The first kappa shape index (κ1) is 23.8. The number of hydrogen-bond donors (Lipinski definition) is 1. The Hall–Kier alpha value is -2.82. The molecule has 3 aromatic rings. The second kappa shape index (κ2) is 9.76. The summed E-state index contributed by atoms with van der Waals surface area (Å²) >= 11 is 5.89. The Morgan fingerprint density at radius 1 is 1.34 bits per heavy atom. The second-order valence-corrected chi connectivity index (χ2v) is 7.78. The fraction of sp³-hybridized carbons (Fsp3) is 0.286. The Labute approximate surface area is 196 Å². The largest absolute Gasteiger partial charge is 0.494 e. The normalized spacial score (nSPS) is 15.6. The van der Waals surface area contributed by atoms with Gasteiger partial charge in [-0.1, -0.05) is 17.7 Å². The average molecular weight is 480 g/mol. The Kier molecular flexibility index (Phi) is 7.27. The maximum atomic E-state index is 14.4. The van der Waals surface area contributed by atoms with Gasteiger partial charge < -0.3 is 19.7 Å². The SMILES string of the molecule is COc1cc2ncnc(Nc3cccc(Cl)c3F)c2cc1N1C[C@H](CN(C)C)OC1=O.S. The van der Waals surface area contributed by atoms with E-state index in [9.17, 15) is 9.18 Å². The molecular weight excluding hydrogens is 457 g/mol. The third-order valence-corrected chi connectivity index (χ3v) is 5.17. The molecule has 0 aliphatic carbocycles. The molecule has 1 saturated heterocycles. The van der Waals surface area contributed by atoms with Crippen molar-refractivity contribution in [1.29, 1.82) is 0 Å². The maximum Gasteiger partial charge on any atom is 0.414 e. The van der Waals surface area contributed by atoms with Gasteiger partial charge in [0.25, 0.3) is 0 Å². The van der Waals surface area contributed by atoms with Crippen LogP contribution in [-0.2, 0) is 4.74 Å². The number of ether oxygens (including phenoxy) is 2. The van der Waals surface area contributed by atoms with Crippen molar-refractivity contribution in [3.63, 3.8) is 0 Å². The van der Waals surface area contributed by atoms with Crippen LogP contribution in [0.3, 0.4) is 0 Å². The van der Waals surface area contributed by atoms with Crippen LogP contribution in [0.5, 0.6) is 5.75 Å². The van der Waals surface area contributed by atoms with Crippen LogP contribution < -0.4 is 15.0 Å². The van der Waals surface area contributed by atoms with E-state index in [1.54, 1.807) is 24.3 Å². The number of carbonyl (C=O) groups excluding carboxylic acids is 1. The summed E-state index contributed by atoms with van der Waals surface area (Å²) < 4.78 is 25.4. The molecule has 170 valence electrons. The van der Waals surface area contributed by atoms with Gasteiger partial charge >= 0.3 is 6.09 Å². The lowest BCUT2D eigenvalue weighted by Gasteiger charge is -2.19. The molecule has 0 radical (unpaired) electrons. The van der Waals surface area contributed by atoms with Gasteiger partial charge in [0, 0.05) is 18.0 Å². The number of carbonyl (C=O) groups is 1. The molecule has 0 bridgehead atoms. The van der Waals surface area contributed by atoms with Crippen molar-refractivity contribution in [2.75, 3.05) is 44.5 Å². The van der Waals surface area contributed by atoms with Crippen LogP contribution in [0.2, 0.25) is 5.02 Å². The number of benzene rings is 2. The van der Waals surface area contributed by atoms with Gasteiger partial charge in [-0.05, 0) is 32.3 Å². The fourth-order valence-electron chi connectivity index (χ4n) is 3.50. The van der Waals surface area contributed by atoms with Crippen LogP contribution in [0.4, 0.5) is 26.4 Å². The lowest BCUT2D eigenvalue weighted by Crippen LogP contribution is -2.30. The van der Waals surface area contributed by atoms with E-state index in [4.69, 9.17) is 21.1 Å². The molecule has 11 heteroatoms. The molecule has 1 N–H and O–H groups in total. The molecule has 1 atom stereocenters. The van der Waals surface area contributed by atoms with E-state index in [1.165, 1.54) is 24.4 Å². The van der Waals surface area contributed by atoms with Crippen molar-refractivity contribution in [2.24, 2.45) is 0 Å². The average Bonchev–Trinajstić information content (AvgIpc) is 3.09.